The zero-order valence-corrected chi connectivity index (χ0v) is 66.8. The number of aromatic nitrogens is 7. The average molecular weight is 1520 g/mol. The lowest BCUT2D eigenvalue weighted by Crippen LogP contribution is -2.17. The molecule has 0 fully saturated rings. The summed E-state index contributed by atoms with van der Waals surface area (Å²) in [4.78, 5) is 33.8. The van der Waals surface area contributed by atoms with E-state index in [0.717, 1.165) is 56.0 Å². The molecule has 7 heteroatoms. The summed E-state index contributed by atoms with van der Waals surface area (Å²) in [5.74, 6) is 0.736. The Balaban J connectivity index is 0.000000110. The van der Waals surface area contributed by atoms with E-state index in [4.69, 9.17) is 15.0 Å². The summed E-state index contributed by atoms with van der Waals surface area (Å²) in [6.07, 6.45) is 11.0. The molecule has 7 nitrogen and oxygen atoms in total. The van der Waals surface area contributed by atoms with Crippen LogP contribution >= 0.6 is 0 Å². The summed E-state index contributed by atoms with van der Waals surface area (Å²) >= 11 is 0. The van der Waals surface area contributed by atoms with E-state index < -0.39 is 0 Å². The smallest absolute Gasteiger partial charge is 0.159 e. The largest absolute Gasteiger partial charge is 0.265 e. The van der Waals surface area contributed by atoms with Crippen molar-refractivity contribution >= 4 is 86.6 Å². The lowest BCUT2D eigenvalue weighted by molar-refractivity contribution is 0.661. The van der Waals surface area contributed by atoms with Gasteiger partial charge in [-0.25, -0.2) is 24.9 Å². The van der Waals surface area contributed by atoms with Crippen LogP contribution in [0.5, 0.6) is 0 Å². The van der Waals surface area contributed by atoms with Crippen LogP contribution in [0.2, 0.25) is 0 Å². The lowest BCUT2D eigenvalue weighted by atomic mass is 9.77. The van der Waals surface area contributed by atoms with E-state index in [1.165, 1.54) is 176 Å². The molecule has 0 saturated heterocycles. The van der Waals surface area contributed by atoms with Crippen molar-refractivity contribution in [1.29, 1.82) is 0 Å². The van der Waals surface area contributed by atoms with E-state index in [1.807, 2.05) is 36.9 Å². The number of hydrogen-bond acceptors (Lipinski definition) is 7. The molecule has 0 saturated carbocycles. The fourth-order valence-electron chi connectivity index (χ4n) is 20.1. The Hall–Kier alpha value is -14.8. The van der Waals surface area contributed by atoms with Gasteiger partial charge in [0.1, 0.15) is 0 Å². The van der Waals surface area contributed by atoms with Crippen LogP contribution in [0.4, 0.5) is 0 Å². The molecule has 6 aromatic heterocycles. The zero-order chi connectivity index (χ0) is 79.8. The highest BCUT2D eigenvalue weighted by atomic mass is 14.9. The van der Waals surface area contributed by atoms with Gasteiger partial charge < -0.3 is 0 Å². The average Bonchev–Trinajstić information content (AvgIpc) is 1.59. The van der Waals surface area contributed by atoms with E-state index in [9.17, 15) is 0 Å². The topological polar surface area (TPSA) is 90.2 Å². The Morgan fingerprint density at radius 2 is 0.597 bits per heavy atom. The van der Waals surface area contributed by atoms with Gasteiger partial charge in [-0.3, -0.25) is 9.97 Å². The van der Waals surface area contributed by atoms with Gasteiger partial charge in [0.2, 0.25) is 0 Å². The Bertz CT molecular complexity index is 7460. The van der Waals surface area contributed by atoms with Crippen molar-refractivity contribution in [2.45, 2.75) is 57.8 Å². The second-order valence-electron chi connectivity index (χ2n) is 33.3. The molecule has 119 heavy (non-hydrogen) atoms. The van der Waals surface area contributed by atoms with Gasteiger partial charge in [-0.05, 0) is 180 Å². The molecule has 15 aromatic carbocycles. The van der Waals surface area contributed by atoms with Gasteiger partial charge >= 0.3 is 0 Å². The summed E-state index contributed by atoms with van der Waals surface area (Å²) in [6.45, 7) is 14.1. The Kier molecular flexibility index (Phi) is 16.5. The van der Waals surface area contributed by atoms with E-state index in [-0.39, 0.29) is 16.2 Å². The zero-order valence-electron chi connectivity index (χ0n) is 66.8. The minimum absolute atomic E-state index is 0.141. The molecular weight excluding hydrogens is 1440 g/mol. The normalized spacial score (nSPS) is 13.5. The van der Waals surface area contributed by atoms with Crippen LogP contribution in [-0.2, 0) is 16.2 Å². The van der Waals surface area contributed by atoms with E-state index in [1.54, 1.807) is 12.4 Å². The molecule has 24 rings (SSSR count). The molecule has 0 bridgehead atoms. The molecule has 6 heterocycles. The van der Waals surface area contributed by atoms with Crippen LogP contribution in [0.25, 0.3) is 198 Å². The highest BCUT2D eigenvalue weighted by molar-refractivity contribution is 6.21. The number of benzene rings is 15. The van der Waals surface area contributed by atoms with E-state index in [2.05, 4.69) is 383 Å². The quantitative estimate of drug-likeness (QED) is 0.147. The number of rotatable bonds is 7. The Morgan fingerprint density at radius 3 is 1.09 bits per heavy atom. The Morgan fingerprint density at radius 1 is 0.218 bits per heavy atom. The van der Waals surface area contributed by atoms with E-state index >= 15 is 0 Å². The van der Waals surface area contributed by atoms with Crippen LogP contribution < -0.4 is 0 Å². The molecule has 0 N–H and O–H groups in total. The molecule has 3 aliphatic rings. The van der Waals surface area contributed by atoms with Crippen LogP contribution in [-0.4, -0.2) is 34.9 Å². The summed E-state index contributed by atoms with van der Waals surface area (Å²) in [5, 5.41) is 15.7. The summed E-state index contributed by atoms with van der Waals surface area (Å²) in [5.41, 5.74) is 33.3. The summed E-state index contributed by atoms with van der Waals surface area (Å²) < 4.78 is 0. The third-order valence-electron chi connectivity index (χ3n) is 25.6. The first kappa shape index (κ1) is 70.8. The molecule has 0 radical (unpaired) electrons. The molecule has 0 amide bonds. The number of fused-ring (bicyclic) bond motifs is 20. The van der Waals surface area contributed by atoms with Crippen molar-refractivity contribution in [3.05, 3.63) is 404 Å². The van der Waals surface area contributed by atoms with Crippen molar-refractivity contribution in [2.75, 3.05) is 0 Å². The van der Waals surface area contributed by atoms with E-state index in [0.29, 0.717) is 0 Å². The van der Waals surface area contributed by atoms with Crippen molar-refractivity contribution < 1.29 is 0 Å². The SMILES string of the molecule is CC1(C)c2ccccc2-c2nc3c(ccc4ccccc43)c(-c3ccc(-c4cccnc4)cc3)c21.CC1(C)c2ccccc2-c2nc3c(ccc4ccccc43)c(-c3ccc(-c4ccncc4)cc3)c21.CC1(C)c2ccccc2-c2nc3ccc4ccccc4c3c(-c3ccc(-c4ccc(-c5ncccn5)c5ccccc45)c4ccccc34)c21. The minimum Gasteiger partial charge on any atom is -0.265 e. The molecule has 0 aliphatic heterocycles. The first-order valence-electron chi connectivity index (χ1n) is 41.1. The van der Waals surface area contributed by atoms with Gasteiger partial charge in [0.25, 0.3) is 0 Å². The summed E-state index contributed by atoms with van der Waals surface area (Å²) in [7, 11) is 0. The minimum atomic E-state index is -0.231. The van der Waals surface area contributed by atoms with Crippen molar-refractivity contribution in [2.24, 2.45) is 0 Å². The monoisotopic (exact) mass is 1520 g/mol. The first-order valence-corrected chi connectivity index (χ1v) is 41.1. The standard InChI is InChI=1S/C46H31N3.2C33H24N2/c1-46(2)39-19-10-9-18-38(39)44-43(46)42(41-29-13-4-3-12-28(29)20-25-40(41)49-44)36-23-21-34(30-14-5-7-16-32(30)36)35-22-24-37(45-47-26-11-27-48-45)33-17-8-6-15-31(33)35;1-33(2)28-12-6-5-11-26(28)32-30(33)29(23-15-13-21(14-16-23)24-9-7-19-34-20-24)27-18-17-22-8-3-4-10-25(22)31(27)35-32;1-33(2)28-10-6-5-9-26(28)32-30(33)29(24-13-11-21(12-14-24)22-17-19-34-20-18-22)27-16-15-23-7-3-4-8-25(23)31(27)35-32/h3-27H,1-2H3;2*3-20H,1-2H3. The third-order valence-corrected chi connectivity index (χ3v) is 25.6. The number of nitrogens with zero attached hydrogens (tertiary/aromatic N) is 7. The second-order valence-corrected chi connectivity index (χ2v) is 33.3. The van der Waals surface area contributed by atoms with Crippen molar-refractivity contribution in [1.82, 2.24) is 34.9 Å². The van der Waals surface area contributed by atoms with Gasteiger partial charge in [-0.15, -0.1) is 0 Å². The van der Waals surface area contributed by atoms with Gasteiger partial charge in [0.15, 0.2) is 5.82 Å². The maximum absolute atomic E-state index is 5.43. The van der Waals surface area contributed by atoms with Crippen molar-refractivity contribution in [3.8, 4) is 112 Å². The number of hydrogen-bond donors (Lipinski definition) is 0. The third kappa shape index (κ3) is 11.3. The molecule has 0 unspecified atom stereocenters. The molecular formula is C112H79N7. The van der Waals surface area contributed by atoms with Gasteiger partial charge in [0, 0.05) is 103 Å². The molecule has 3 aliphatic carbocycles. The maximum Gasteiger partial charge on any atom is 0.159 e. The molecule has 21 aromatic rings. The summed E-state index contributed by atoms with van der Waals surface area (Å²) in [6, 6.07) is 120. The predicted octanol–water partition coefficient (Wildman–Crippen LogP) is 28.6. The van der Waals surface area contributed by atoms with Crippen molar-refractivity contribution in [3.63, 3.8) is 0 Å². The second kappa shape index (κ2) is 27.7. The van der Waals surface area contributed by atoms with Gasteiger partial charge in [0.05, 0.1) is 33.6 Å². The fraction of sp³-hybridized carbons (Fsp3) is 0.0804. The highest BCUT2D eigenvalue weighted by Gasteiger charge is 2.43. The van der Waals surface area contributed by atoms with Gasteiger partial charge in [-0.1, -0.05) is 339 Å². The van der Waals surface area contributed by atoms with Crippen LogP contribution in [0.1, 0.15) is 74.9 Å². The fourth-order valence-corrected chi connectivity index (χ4v) is 20.1. The Labute approximate surface area is 690 Å². The van der Waals surface area contributed by atoms with Crippen LogP contribution in [0.15, 0.2) is 371 Å². The first-order chi connectivity index (χ1) is 58.3. The molecule has 0 spiro atoms. The molecule has 0 atom stereocenters. The van der Waals surface area contributed by atoms with Gasteiger partial charge in [-0.2, -0.15) is 0 Å². The lowest BCUT2D eigenvalue weighted by Gasteiger charge is -2.26. The number of pyridine rings is 5. The van der Waals surface area contributed by atoms with Crippen LogP contribution in [0.3, 0.4) is 0 Å². The predicted molar refractivity (Wildman–Crippen MR) is 495 cm³/mol. The van der Waals surface area contributed by atoms with Crippen LogP contribution in [0, 0.1) is 0 Å². The highest BCUT2D eigenvalue weighted by Crippen LogP contribution is 2.59. The maximum atomic E-state index is 5.43. The molecule has 562 valence electrons.